The lowest BCUT2D eigenvalue weighted by Crippen LogP contribution is -2.17. The van der Waals surface area contributed by atoms with E-state index in [1.807, 2.05) is 18.2 Å². The number of hydrogen-bond acceptors (Lipinski definition) is 4. The van der Waals surface area contributed by atoms with E-state index in [1.165, 1.54) is 12.8 Å². The summed E-state index contributed by atoms with van der Waals surface area (Å²) < 4.78 is 10.9. The summed E-state index contributed by atoms with van der Waals surface area (Å²) in [6.07, 6.45) is 2.45. The van der Waals surface area contributed by atoms with Gasteiger partial charge in [0.1, 0.15) is 11.3 Å². The number of ether oxygens (including phenoxy) is 1. The number of hydrogen-bond donors (Lipinski definition) is 0. The first-order valence-electron chi connectivity index (χ1n) is 5.56. The Labute approximate surface area is 93.8 Å². The highest BCUT2D eigenvalue weighted by Gasteiger charge is 2.17. The molecule has 1 aliphatic heterocycles. The highest BCUT2D eigenvalue weighted by molar-refractivity contribution is 5.76. The summed E-state index contributed by atoms with van der Waals surface area (Å²) in [7, 11) is 1.66. The van der Waals surface area contributed by atoms with Gasteiger partial charge in [-0.15, -0.1) is 0 Å². The van der Waals surface area contributed by atoms with Gasteiger partial charge in [-0.05, 0) is 25.0 Å². The molecule has 1 aliphatic rings. The zero-order chi connectivity index (χ0) is 11.0. The molecule has 0 saturated carbocycles. The maximum atomic E-state index is 5.71. The molecule has 84 valence electrons. The van der Waals surface area contributed by atoms with E-state index >= 15 is 0 Å². The fraction of sp³-hybridized carbons (Fsp3) is 0.417. The van der Waals surface area contributed by atoms with Crippen molar-refractivity contribution in [2.75, 3.05) is 25.1 Å². The molecule has 0 amide bonds. The van der Waals surface area contributed by atoms with Crippen LogP contribution in [0.3, 0.4) is 0 Å². The van der Waals surface area contributed by atoms with Crippen LogP contribution in [0.2, 0.25) is 0 Å². The summed E-state index contributed by atoms with van der Waals surface area (Å²) in [6, 6.07) is 6.43. The van der Waals surface area contributed by atoms with Crippen LogP contribution in [0.1, 0.15) is 12.8 Å². The van der Waals surface area contributed by atoms with E-state index in [4.69, 9.17) is 9.15 Å². The van der Waals surface area contributed by atoms with E-state index in [9.17, 15) is 0 Å². The molecule has 1 aromatic heterocycles. The van der Waals surface area contributed by atoms with Gasteiger partial charge >= 0.3 is 0 Å². The lowest BCUT2D eigenvalue weighted by atomic mass is 10.3. The Morgan fingerprint density at radius 1 is 1.31 bits per heavy atom. The summed E-state index contributed by atoms with van der Waals surface area (Å²) in [6.45, 7) is 2.09. The number of anilines is 1. The predicted molar refractivity (Wildman–Crippen MR) is 62.0 cm³/mol. The van der Waals surface area contributed by atoms with Gasteiger partial charge in [-0.25, -0.2) is 0 Å². The van der Waals surface area contributed by atoms with Gasteiger partial charge < -0.3 is 14.1 Å². The van der Waals surface area contributed by atoms with E-state index in [1.54, 1.807) is 7.11 Å². The van der Waals surface area contributed by atoms with E-state index in [0.29, 0.717) is 0 Å². The molecule has 0 radical (unpaired) electrons. The largest absolute Gasteiger partial charge is 0.497 e. The van der Waals surface area contributed by atoms with Gasteiger partial charge in [0.15, 0.2) is 5.58 Å². The van der Waals surface area contributed by atoms with Crippen LogP contribution in [0.15, 0.2) is 22.6 Å². The molecule has 1 aromatic carbocycles. The third kappa shape index (κ3) is 1.50. The average molecular weight is 218 g/mol. The van der Waals surface area contributed by atoms with Crippen LogP contribution in [0, 0.1) is 0 Å². The third-order valence-electron chi connectivity index (χ3n) is 2.96. The maximum Gasteiger partial charge on any atom is 0.298 e. The molecular weight excluding hydrogens is 204 g/mol. The number of rotatable bonds is 2. The second-order valence-corrected chi connectivity index (χ2v) is 4.02. The van der Waals surface area contributed by atoms with Crippen LogP contribution >= 0.6 is 0 Å². The second-order valence-electron chi connectivity index (χ2n) is 4.02. The van der Waals surface area contributed by atoms with Crippen molar-refractivity contribution < 1.29 is 9.15 Å². The molecule has 16 heavy (non-hydrogen) atoms. The molecule has 2 heterocycles. The Kier molecular flexibility index (Phi) is 2.20. The van der Waals surface area contributed by atoms with Crippen LogP contribution in [-0.2, 0) is 0 Å². The maximum absolute atomic E-state index is 5.71. The minimum absolute atomic E-state index is 0.737. The van der Waals surface area contributed by atoms with Crippen molar-refractivity contribution in [2.45, 2.75) is 12.8 Å². The van der Waals surface area contributed by atoms with Gasteiger partial charge in [-0.3, -0.25) is 0 Å². The molecule has 1 fully saturated rings. The zero-order valence-corrected chi connectivity index (χ0v) is 9.27. The molecule has 2 aromatic rings. The SMILES string of the molecule is COc1ccc2oc(N3CCCC3)nc2c1. The van der Waals surface area contributed by atoms with Crippen molar-refractivity contribution in [3.8, 4) is 5.75 Å². The average Bonchev–Trinajstić information content (AvgIpc) is 2.96. The minimum atomic E-state index is 0.737. The molecule has 3 rings (SSSR count). The van der Waals surface area contributed by atoms with Crippen LogP contribution in [0.4, 0.5) is 6.01 Å². The number of fused-ring (bicyclic) bond motifs is 1. The number of oxazole rings is 1. The van der Waals surface area contributed by atoms with E-state index in [0.717, 1.165) is 36.0 Å². The highest BCUT2D eigenvalue weighted by Crippen LogP contribution is 2.27. The van der Waals surface area contributed by atoms with Gasteiger partial charge in [0, 0.05) is 19.2 Å². The van der Waals surface area contributed by atoms with Gasteiger partial charge in [-0.2, -0.15) is 4.98 Å². The Morgan fingerprint density at radius 3 is 2.88 bits per heavy atom. The minimum Gasteiger partial charge on any atom is -0.497 e. The number of aromatic nitrogens is 1. The topological polar surface area (TPSA) is 38.5 Å². The zero-order valence-electron chi connectivity index (χ0n) is 9.27. The second kappa shape index (κ2) is 3.70. The lowest BCUT2D eigenvalue weighted by molar-refractivity contribution is 0.415. The molecule has 4 nitrogen and oxygen atoms in total. The third-order valence-corrected chi connectivity index (χ3v) is 2.96. The van der Waals surface area contributed by atoms with Crippen molar-refractivity contribution in [1.29, 1.82) is 0 Å². The van der Waals surface area contributed by atoms with E-state index in [2.05, 4.69) is 9.88 Å². The number of nitrogens with zero attached hydrogens (tertiary/aromatic N) is 2. The van der Waals surface area contributed by atoms with Gasteiger partial charge in [0.2, 0.25) is 0 Å². The molecule has 0 bridgehead atoms. The molecule has 4 heteroatoms. The van der Waals surface area contributed by atoms with Crippen LogP contribution < -0.4 is 9.64 Å². The fourth-order valence-electron chi connectivity index (χ4n) is 2.07. The smallest absolute Gasteiger partial charge is 0.298 e. The first-order valence-corrected chi connectivity index (χ1v) is 5.56. The Bertz CT molecular complexity index is 501. The summed E-state index contributed by atoms with van der Waals surface area (Å²) in [5.74, 6) is 0.814. The van der Waals surface area contributed by atoms with Gasteiger partial charge in [0.05, 0.1) is 7.11 Å². The molecule has 0 spiro atoms. The molecule has 0 atom stereocenters. The predicted octanol–water partition coefficient (Wildman–Crippen LogP) is 2.44. The Morgan fingerprint density at radius 2 is 2.12 bits per heavy atom. The summed E-state index contributed by atoms with van der Waals surface area (Å²) >= 11 is 0. The lowest BCUT2D eigenvalue weighted by Gasteiger charge is -2.10. The van der Waals surface area contributed by atoms with Crippen molar-refractivity contribution in [3.05, 3.63) is 18.2 Å². The molecule has 0 N–H and O–H groups in total. The van der Waals surface area contributed by atoms with Gasteiger partial charge in [0.25, 0.3) is 6.01 Å². The highest BCUT2D eigenvalue weighted by atomic mass is 16.5. The van der Waals surface area contributed by atoms with Crippen LogP contribution in [0.5, 0.6) is 5.75 Å². The number of benzene rings is 1. The monoisotopic (exact) mass is 218 g/mol. The van der Waals surface area contributed by atoms with Crippen molar-refractivity contribution in [3.63, 3.8) is 0 Å². The van der Waals surface area contributed by atoms with Crippen LogP contribution in [0.25, 0.3) is 11.1 Å². The Balaban J connectivity index is 2.01. The van der Waals surface area contributed by atoms with Crippen molar-refractivity contribution in [2.24, 2.45) is 0 Å². The van der Waals surface area contributed by atoms with Gasteiger partial charge in [-0.1, -0.05) is 0 Å². The normalized spacial score (nSPS) is 15.9. The first kappa shape index (κ1) is 9.51. The van der Waals surface area contributed by atoms with E-state index < -0.39 is 0 Å². The fourth-order valence-corrected chi connectivity index (χ4v) is 2.07. The van der Waals surface area contributed by atoms with Crippen LogP contribution in [-0.4, -0.2) is 25.2 Å². The van der Waals surface area contributed by atoms with Crippen molar-refractivity contribution in [1.82, 2.24) is 4.98 Å². The van der Waals surface area contributed by atoms with E-state index in [-0.39, 0.29) is 0 Å². The summed E-state index contributed by atoms with van der Waals surface area (Å²) in [5.41, 5.74) is 1.68. The molecule has 0 aliphatic carbocycles. The summed E-state index contributed by atoms with van der Waals surface area (Å²) in [5, 5.41) is 0. The standard InChI is InChI=1S/C12H14N2O2/c1-15-9-4-5-11-10(8-9)13-12(16-11)14-6-2-3-7-14/h4-5,8H,2-3,6-7H2,1H3. The van der Waals surface area contributed by atoms with Crippen molar-refractivity contribution >= 4 is 17.1 Å². The quantitative estimate of drug-likeness (QED) is 0.776. The molecular formula is C12H14N2O2. The molecule has 0 unspecified atom stereocenters. The summed E-state index contributed by atoms with van der Waals surface area (Å²) in [4.78, 5) is 6.67. The number of methoxy groups -OCH3 is 1. The first-order chi connectivity index (χ1) is 7.86. The Hall–Kier alpha value is -1.71. The molecule has 1 saturated heterocycles.